The smallest absolute Gasteiger partial charge is 0.399 e. The molecular weight excluding hydrogens is 247 g/mol. The maximum atomic E-state index is 6.21. The highest BCUT2D eigenvalue weighted by Crippen LogP contribution is 2.42. The molecule has 0 bridgehead atoms. The summed E-state index contributed by atoms with van der Waals surface area (Å²) < 4.78 is 12.4. The van der Waals surface area contributed by atoms with Crippen molar-refractivity contribution >= 4 is 12.6 Å². The fourth-order valence-corrected chi connectivity index (χ4v) is 2.86. The van der Waals surface area contributed by atoms with Crippen LogP contribution in [0.15, 0.2) is 24.3 Å². The summed E-state index contributed by atoms with van der Waals surface area (Å²) in [6, 6.07) is 6.68. The minimum atomic E-state index is -0.278. The van der Waals surface area contributed by atoms with Gasteiger partial charge < -0.3 is 9.31 Å². The van der Waals surface area contributed by atoms with Gasteiger partial charge in [0.15, 0.2) is 0 Å². The van der Waals surface area contributed by atoms with Gasteiger partial charge in [0.2, 0.25) is 0 Å². The highest BCUT2D eigenvalue weighted by Gasteiger charge is 2.52. The van der Waals surface area contributed by atoms with Crippen molar-refractivity contribution in [1.82, 2.24) is 0 Å². The molecule has 0 spiro atoms. The summed E-state index contributed by atoms with van der Waals surface area (Å²) in [5, 5.41) is 0. The third-order valence-electron chi connectivity index (χ3n) is 4.86. The maximum absolute atomic E-state index is 6.21. The average molecular weight is 270 g/mol. The second kappa shape index (κ2) is 4.47. The van der Waals surface area contributed by atoms with Crippen molar-refractivity contribution in [3.63, 3.8) is 0 Å². The Morgan fingerprint density at radius 1 is 1.05 bits per heavy atom. The lowest BCUT2D eigenvalue weighted by molar-refractivity contribution is 0.00578. The molecule has 1 aromatic carbocycles. The van der Waals surface area contributed by atoms with E-state index in [-0.39, 0.29) is 18.3 Å². The molecule has 0 unspecified atom stereocenters. The first-order valence-electron chi connectivity index (χ1n) is 7.46. The van der Waals surface area contributed by atoms with Crippen molar-refractivity contribution in [3.05, 3.63) is 41.0 Å². The Balaban J connectivity index is 1.97. The number of allylic oxidation sites excluding steroid dienone is 1. The summed E-state index contributed by atoms with van der Waals surface area (Å²) in [6.07, 6.45) is 4.46. The number of hydrogen-bond donors (Lipinski definition) is 0. The lowest BCUT2D eigenvalue weighted by atomic mass is 9.69. The number of aryl methyl sites for hydroxylation is 2. The van der Waals surface area contributed by atoms with E-state index in [1.807, 2.05) is 0 Å². The van der Waals surface area contributed by atoms with E-state index in [2.05, 4.69) is 58.9 Å². The van der Waals surface area contributed by atoms with Crippen LogP contribution in [0.3, 0.4) is 0 Å². The van der Waals surface area contributed by atoms with E-state index in [0.717, 1.165) is 12.8 Å². The van der Waals surface area contributed by atoms with E-state index in [0.29, 0.717) is 0 Å². The number of hydrogen-bond acceptors (Lipinski definition) is 2. The van der Waals surface area contributed by atoms with Gasteiger partial charge in [0.05, 0.1) is 11.2 Å². The molecule has 1 aromatic rings. The summed E-state index contributed by atoms with van der Waals surface area (Å²) in [4.78, 5) is 0. The molecule has 0 N–H and O–H groups in total. The van der Waals surface area contributed by atoms with E-state index in [9.17, 15) is 0 Å². The van der Waals surface area contributed by atoms with Gasteiger partial charge in [0.25, 0.3) is 0 Å². The molecule has 0 radical (unpaired) electrons. The molecule has 0 aromatic heterocycles. The lowest BCUT2D eigenvalue weighted by Crippen LogP contribution is -2.41. The van der Waals surface area contributed by atoms with E-state index in [1.54, 1.807) is 0 Å². The molecule has 3 heteroatoms. The third kappa shape index (κ3) is 2.13. The number of fused-ring (bicyclic) bond motifs is 1. The predicted octanol–water partition coefficient (Wildman–Crippen LogP) is 3.96. The van der Waals surface area contributed by atoms with Gasteiger partial charge in [-0.2, -0.15) is 0 Å². The monoisotopic (exact) mass is 270 g/mol. The fourth-order valence-electron chi connectivity index (χ4n) is 2.86. The van der Waals surface area contributed by atoms with Gasteiger partial charge in [0.1, 0.15) is 0 Å². The van der Waals surface area contributed by atoms with Crippen LogP contribution in [0.2, 0.25) is 0 Å². The maximum Gasteiger partial charge on any atom is 0.495 e. The predicted molar refractivity (Wildman–Crippen MR) is 83.6 cm³/mol. The average Bonchev–Trinajstić information content (AvgIpc) is 2.57. The van der Waals surface area contributed by atoms with Gasteiger partial charge in [0, 0.05) is 0 Å². The van der Waals surface area contributed by atoms with Crippen molar-refractivity contribution in [3.8, 4) is 0 Å². The van der Waals surface area contributed by atoms with Crippen LogP contribution in [0.5, 0.6) is 0 Å². The van der Waals surface area contributed by atoms with Gasteiger partial charge in [-0.25, -0.2) is 0 Å². The number of benzene rings is 1. The summed E-state index contributed by atoms with van der Waals surface area (Å²) in [5.74, 6) is 0. The van der Waals surface area contributed by atoms with Crippen LogP contribution in [0, 0.1) is 6.92 Å². The van der Waals surface area contributed by atoms with Crippen molar-refractivity contribution in [1.29, 1.82) is 0 Å². The SMILES string of the molecule is Cc1ccc2c(c1)C(B1OC(C)(C)C(C)(C)O1)=CCC2. The molecule has 20 heavy (non-hydrogen) atoms. The first-order chi connectivity index (χ1) is 9.30. The Bertz CT molecular complexity index is 556. The van der Waals surface area contributed by atoms with Crippen molar-refractivity contribution < 1.29 is 9.31 Å². The molecular formula is C17H23BO2. The van der Waals surface area contributed by atoms with Gasteiger partial charge in [-0.05, 0) is 64.1 Å². The second-order valence-electron chi connectivity index (χ2n) is 6.95. The molecule has 0 saturated carbocycles. The van der Waals surface area contributed by atoms with Gasteiger partial charge in [-0.1, -0.05) is 29.8 Å². The topological polar surface area (TPSA) is 18.5 Å². The zero-order valence-electron chi connectivity index (χ0n) is 13.1. The van der Waals surface area contributed by atoms with Crippen molar-refractivity contribution in [2.24, 2.45) is 0 Å². The highest BCUT2D eigenvalue weighted by molar-refractivity contribution is 6.69. The Morgan fingerprint density at radius 3 is 2.35 bits per heavy atom. The van der Waals surface area contributed by atoms with Crippen molar-refractivity contribution in [2.75, 3.05) is 0 Å². The molecule has 1 saturated heterocycles. The fraction of sp³-hybridized carbons (Fsp3) is 0.529. The molecule has 3 rings (SSSR count). The number of rotatable bonds is 1. The Labute approximate surface area is 122 Å². The zero-order chi connectivity index (χ0) is 14.5. The van der Waals surface area contributed by atoms with Crippen LogP contribution in [-0.2, 0) is 15.7 Å². The van der Waals surface area contributed by atoms with E-state index in [4.69, 9.17) is 9.31 Å². The molecule has 2 nitrogen and oxygen atoms in total. The summed E-state index contributed by atoms with van der Waals surface area (Å²) in [5.41, 5.74) is 4.64. The van der Waals surface area contributed by atoms with Gasteiger partial charge in [-0.15, -0.1) is 0 Å². The Hall–Kier alpha value is -1.06. The van der Waals surface area contributed by atoms with E-state index < -0.39 is 0 Å². The Kier molecular flexibility index (Phi) is 3.11. The molecule has 1 fully saturated rings. The van der Waals surface area contributed by atoms with Crippen LogP contribution in [0.1, 0.15) is 50.8 Å². The first-order valence-corrected chi connectivity index (χ1v) is 7.46. The molecule has 0 amide bonds. The van der Waals surface area contributed by atoms with Crippen molar-refractivity contribution in [2.45, 2.75) is 58.7 Å². The minimum absolute atomic E-state index is 0.249. The molecule has 1 aliphatic heterocycles. The molecule has 2 aliphatic rings. The summed E-state index contributed by atoms with van der Waals surface area (Å²) >= 11 is 0. The minimum Gasteiger partial charge on any atom is -0.399 e. The quantitative estimate of drug-likeness (QED) is 0.719. The molecule has 1 heterocycles. The molecule has 0 atom stereocenters. The van der Waals surface area contributed by atoms with Crippen LogP contribution in [0.25, 0.3) is 5.47 Å². The van der Waals surface area contributed by atoms with Crippen LogP contribution < -0.4 is 0 Å². The largest absolute Gasteiger partial charge is 0.495 e. The standard InChI is InChI=1S/C17H23BO2/c1-12-9-10-13-7-6-8-15(14(13)11-12)18-19-16(2,3)17(4,5)20-18/h8-11H,6-7H2,1-5H3. The normalized spacial score (nSPS) is 23.4. The molecule has 1 aliphatic carbocycles. The second-order valence-corrected chi connectivity index (χ2v) is 6.95. The van der Waals surface area contributed by atoms with Crippen LogP contribution in [0.4, 0.5) is 0 Å². The van der Waals surface area contributed by atoms with E-state index in [1.165, 1.54) is 22.2 Å². The van der Waals surface area contributed by atoms with Gasteiger partial charge >= 0.3 is 7.12 Å². The van der Waals surface area contributed by atoms with E-state index >= 15 is 0 Å². The first kappa shape index (κ1) is 13.9. The summed E-state index contributed by atoms with van der Waals surface area (Å²) in [7, 11) is -0.249. The van der Waals surface area contributed by atoms with Gasteiger partial charge in [-0.3, -0.25) is 0 Å². The lowest BCUT2D eigenvalue weighted by Gasteiger charge is -2.32. The zero-order valence-corrected chi connectivity index (χ0v) is 13.1. The highest BCUT2D eigenvalue weighted by atomic mass is 16.7. The molecule has 106 valence electrons. The van der Waals surface area contributed by atoms with Crippen LogP contribution in [-0.4, -0.2) is 18.3 Å². The summed E-state index contributed by atoms with van der Waals surface area (Å²) in [6.45, 7) is 10.6. The Morgan fingerprint density at radius 2 is 1.70 bits per heavy atom. The van der Waals surface area contributed by atoms with Crippen LogP contribution >= 0.6 is 0 Å². The third-order valence-corrected chi connectivity index (χ3v) is 4.86.